The van der Waals surface area contributed by atoms with Crippen LogP contribution in [-0.4, -0.2) is 38.6 Å². The van der Waals surface area contributed by atoms with Crippen LogP contribution in [-0.2, 0) is 0 Å². The Morgan fingerprint density at radius 3 is 2.61 bits per heavy atom. The Labute approximate surface area is 108 Å². The van der Waals surface area contributed by atoms with Gasteiger partial charge in [-0.25, -0.2) is 4.98 Å². The summed E-state index contributed by atoms with van der Waals surface area (Å²) in [5, 5.41) is 6.90. The van der Waals surface area contributed by atoms with Crippen molar-refractivity contribution >= 4 is 5.91 Å². The van der Waals surface area contributed by atoms with E-state index in [4.69, 9.17) is 0 Å². The lowest BCUT2D eigenvalue weighted by Gasteiger charge is -2.26. The van der Waals surface area contributed by atoms with E-state index in [0.29, 0.717) is 11.9 Å². The van der Waals surface area contributed by atoms with Crippen LogP contribution < -0.4 is 0 Å². The molecule has 1 aliphatic carbocycles. The van der Waals surface area contributed by atoms with Gasteiger partial charge < -0.3 is 4.90 Å². The predicted molar refractivity (Wildman–Crippen MR) is 69.4 cm³/mol. The minimum absolute atomic E-state index is 0.0347. The highest BCUT2D eigenvalue weighted by molar-refractivity contribution is 5.90. The average Bonchev–Trinajstić information content (AvgIpc) is 3.01. The normalized spacial score (nSPS) is 16.4. The molecule has 1 aromatic rings. The topological polar surface area (TPSA) is 61.9 Å². The molecule has 5 heteroatoms. The van der Waals surface area contributed by atoms with E-state index in [0.717, 1.165) is 25.2 Å². The Balaban J connectivity index is 2.12. The van der Waals surface area contributed by atoms with Gasteiger partial charge in [-0.3, -0.25) is 9.89 Å². The van der Waals surface area contributed by atoms with E-state index in [2.05, 4.69) is 15.2 Å². The first-order valence-corrected chi connectivity index (χ1v) is 6.86. The lowest BCUT2D eigenvalue weighted by atomic mass is 10.2. The number of H-pyrrole nitrogens is 1. The van der Waals surface area contributed by atoms with Crippen molar-refractivity contribution in [2.45, 2.75) is 58.4 Å². The van der Waals surface area contributed by atoms with Crippen LogP contribution in [0.15, 0.2) is 0 Å². The smallest absolute Gasteiger partial charge is 0.293 e. The zero-order valence-electron chi connectivity index (χ0n) is 11.4. The van der Waals surface area contributed by atoms with Gasteiger partial charge in [-0.15, -0.1) is 5.10 Å². The maximum atomic E-state index is 12.4. The third-order valence-electron chi connectivity index (χ3n) is 3.61. The lowest BCUT2D eigenvalue weighted by molar-refractivity contribution is 0.0681. The second kappa shape index (κ2) is 5.50. The Morgan fingerprint density at radius 1 is 1.44 bits per heavy atom. The molecule has 1 aromatic heterocycles. The highest BCUT2D eigenvalue weighted by Crippen LogP contribution is 2.24. The molecule has 0 saturated heterocycles. The van der Waals surface area contributed by atoms with Crippen molar-refractivity contribution in [2.75, 3.05) is 6.54 Å². The number of aromatic nitrogens is 3. The van der Waals surface area contributed by atoms with E-state index >= 15 is 0 Å². The second-order valence-electron chi connectivity index (χ2n) is 5.23. The third-order valence-corrected chi connectivity index (χ3v) is 3.61. The summed E-state index contributed by atoms with van der Waals surface area (Å²) in [5.41, 5.74) is 0. The van der Waals surface area contributed by atoms with Gasteiger partial charge in [-0.2, -0.15) is 0 Å². The van der Waals surface area contributed by atoms with Gasteiger partial charge in [0, 0.05) is 18.5 Å². The molecule has 1 amide bonds. The summed E-state index contributed by atoms with van der Waals surface area (Å²) >= 11 is 0. The number of carbonyl (C=O) groups excluding carboxylic acids is 1. The lowest BCUT2D eigenvalue weighted by Crippen LogP contribution is -2.39. The van der Waals surface area contributed by atoms with Crippen LogP contribution in [0.5, 0.6) is 0 Å². The van der Waals surface area contributed by atoms with Gasteiger partial charge in [-0.1, -0.05) is 26.7 Å². The standard InChI is InChI=1S/C13H22N4O/c1-4-17(10-7-5-6-8-10)13(18)12-14-11(9(2)3)15-16-12/h9-10H,4-8H2,1-3H3,(H,14,15,16). The fraction of sp³-hybridized carbons (Fsp3) is 0.769. The minimum Gasteiger partial charge on any atom is -0.333 e. The van der Waals surface area contributed by atoms with E-state index < -0.39 is 0 Å². The quantitative estimate of drug-likeness (QED) is 0.892. The molecule has 0 aromatic carbocycles. The number of rotatable bonds is 4. The van der Waals surface area contributed by atoms with E-state index in [1.165, 1.54) is 12.8 Å². The number of aromatic amines is 1. The predicted octanol–water partition coefficient (Wildman–Crippen LogP) is 2.33. The van der Waals surface area contributed by atoms with Crippen molar-refractivity contribution in [1.82, 2.24) is 20.1 Å². The van der Waals surface area contributed by atoms with Gasteiger partial charge in [0.15, 0.2) is 0 Å². The molecule has 0 bridgehead atoms. The molecular formula is C13H22N4O. The van der Waals surface area contributed by atoms with Crippen LogP contribution in [0, 0.1) is 0 Å². The molecule has 0 aliphatic heterocycles. The zero-order chi connectivity index (χ0) is 13.1. The highest BCUT2D eigenvalue weighted by Gasteiger charge is 2.28. The van der Waals surface area contributed by atoms with Gasteiger partial charge in [0.1, 0.15) is 5.82 Å². The molecule has 100 valence electrons. The fourth-order valence-electron chi connectivity index (χ4n) is 2.54. The largest absolute Gasteiger partial charge is 0.333 e. The highest BCUT2D eigenvalue weighted by atomic mass is 16.2. The molecular weight excluding hydrogens is 228 g/mol. The van der Waals surface area contributed by atoms with Gasteiger partial charge in [0.05, 0.1) is 0 Å². The zero-order valence-corrected chi connectivity index (χ0v) is 11.4. The van der Waals surface area contributed by atoms with Crippen molar-refractivity contribution in [2.24, 2.45) is 0 Å². The van der Waals surface area contributed by atoms with Crippen molar-refractivity contribution < 1.29 is 4.79 Å². The van der Waals surface area contributed by atoms with Crippen molar-refractivity contribution in [1.29, 1.82) is 0 Å². The molecule has 0 spiro atoms. The molecule has 1 fully saturated rings. The summed E-state index contributed by atoms with van der Waals surface area (Å²) in [4.78, 5) is 18.6. The number of amides is 1. The molecule has 1 N–H and O–H groups in total. The third kappa shape index (κ3) is 2.54. The second-order valence-corrected chi connectivity index (χ2v) is 5.23. The van der Waals surface area contributed by atoms with Crippen LogP contribution >= 0.6 is 0 Å². The molecule has 0 atom stereocenters. The fourth-order valence-corrected chi connectivity index (χ4v) is 2.54. The molecule has 1 heterocycles. The van der Waals surface area contributed by atoms with Crippen LogP contribution in [0.25, 0.3) is 0 Å². The van der Waals surface area contributed by atoms with Gasteiger partial charge >= 0.3 is 0 Å². The van der Waals surface area contributed by atoms with Crippen LogP contribution in [0.1, 0.15) is 68.8 Å². The number of nitrogens with zero attached hydrogens (tertiary/aromatic N) is 3. The molecule has 0 unspecified atom stereocenters. The van der Waals surface area contributed by atoms with Crippen LogP contribution in [0.4, 0.5) is 0 Å². The monoisotopic (exact) mass is 250 g/mol. The van der Waals surface area contributed by atoms with E-state index in [9.17, 15) is 4.79 Å². The molecule has 18 heavy (non-hydrogen) atoms. The molecule has 2 rings (SSSR count). The Bertz CT molecular complexity index is 407. The van der Waals surface area contributed by atoms with E-state index in [-0.39, 0.29) is 11.8 Å². The Hall–Kier alpha value is -1.39. The first-order valence-electron chi connectivity index (χ1n) is 6.86. The van der Waals surface area contributed by atoms with Crippen LogP contribution in [0.3, 0.4) is 0 Å². The summed E-state index contributed by atoms with van der Waals surface area (Å²) in [7, 11) is 0. The summed E-state index contributed by atoms with van der Waals surface area (Å²) in [6.45, 7) is 6.81. The van der Waals surface area contributed by atoms with Gasteiger partial charge in [-0.05, 0) is 19.8 Å². The first kappa shape index (κ1) is 13.1. The SMILES string of the molecule is CCN(C(=O)c1n[nH]c(C(C)C)n1)C1CCCC1. The number of carbonyl (C=O) groups is 1. The molecule has 1 saturated carbocycles. The Morgan fingerprint density at radius 2 is 2.11 bits per heavy atom. The average molecular weight is 250 g/mol. The number of hydrogen-bond acceptors (Lipinski definition) is 3. The van der Waals surface area contributed by atoms with Crippen molar-refractivity contribution in [3.8, 4) is 0 Å². The van der Waals surface area contributed by atoms with Crippen LogP contribution in [0.2, 0.25) is 0 Å². The van der Waals surface area contributed by atoms with Crippen molar-refractivity contribution in [3.05, 3.63) is 11.6 Å². The van der Waals surface area contributed by atoms with Gasteiger partial charge in [0.2, 0.25) is 5.82 Å². The summed E-state index contributed by atoms with van der Waals surface area (Å²) in [6.07, 6.45) is 4.67. The molecule has 5 nitrogen and oxygen atoms in total. The molecule has 1 aliphatic rings. The maximum Gasteiger partial charge on any atom is 0.293 e. The van der Waals surface area contributed by atoms with Gasteiger partial charge in [0.25, 0.3) is 5.91 Å². The minimum atomic E-state index is -0.0347. The maximum absolute atomic E-state index is 12.4. The van der Waals surface area contributed by atoms with E-state index in [1.807, 2.05) is 25.7 Å². The van der Waals surface area contributed by atoms with Crippen molar-refractivity contribution in [3.63, 3.8) is 0 Å². The first-order chi connectivity index (χ1) is 8.63. The Kier molecular flexibility index (Phi) is 3.99. The number of nitrogens with one attached hydrogen (secondary N) is 1. The number of hydrogen-bond donors (Lipinski definition) is 1. The summed E-state index contributed by atoms with van der Waals surface area (Å²) in [6, 6.07) is 0.378. The summed E-state index contributed by atoms with van der Waals surface area (Å²) < 4.78 is 0. The van der Waals surface area contributed by atoms with E-state index in [1.54, 1.807) is 0 Å². The summed E-state index contributed by atoms with van der Waals surface area (Å²) in [5.74, 6) is 1.32. The molecule has 0 radical (unpaired) electrons.